The summed E-state index contributed by atoms with van der Waals surface area (Å²) in [7, 11) is 0. The minimum absolute atomic E-state index is 0.373. The number of nitrogens with one attached hydrogen (secondary N) is 2. The number of H-pyrrole nitrogens is 1. The lowest BCUT2D eigenvalue weighted by Gasteiger charge is -2.11. The lowest BCUT2D eigenvalue weighted by molar-refractivity contribution is -0.129. The first-order valence-corrected chi connectivity index (χ1v) is 7.31. The van der Waals surface area contributed by atoms with Crippen molar-refractivity contribution in [2.24, 2.45) is 0 Å². The number of hydrogen-bond donors (Lipinski definition) is 3. The standard InChI is InChI=1S/C18H18N2O2/c21-17(13-6-2-1-3-7-13)18(22)19-11-10-15-12-14-8-4-5-9-16(14)20-15/h1-9,12,17,20-21H,10-11H2,(H,19,22)/t17-/m1/s1. The van der Waals surface area contributed by atoms with Crippen LogP contribution in [0.1, 0.15) is 17.4 Å². The molecule has 3 N–H and O–H groups in total. The first kappa shape index (κ1) is 14.4. The number of carbonyl (C=O) groups is 1. The van der Waals surface area contributed by atoms with Crippen LogP contribution in [0.15, 0.2) is 60.7 Å². The number of para-hydroxylation sites is 1. The molecule has 0 aliphatic rings. The van der Waals surface area contributed by atoms with Crippen LogP contribution in [0.4, 0.5) is 0 Å². The maximum atomic E-state index is 11.9. The molecule has 0 unspecified atom stereocenters. The molecule has 0 radical (unpaired) electrons. The van der Waals surface area contributed by atoms with Gasteiger partial charge in [-0.05, 0) is 23.1 Å². The van der Waals surface area contributed by atoms with Crippen LogP contribution in [0.25, 0.3) is 10.9 Å². The van der Waals surface area contributed by atoms with Crippen molar-refractivity contribution in [2.45, 2.75) is 12.5 Å². The van der Waals surface area contributed by atoms with E-state index in [0.29, 0.717) is 18.5 Å². The molecule has 3 rings (SSSR count). The smallest absolute Gasteiger partial charge is 0.253 e. The zero-order chi connectivity index (χ0) is 15.4. The predicted octanol–water partition coefficient (Wildman–Crippen LogP) is 2.56. The Labute approximate surface area is 128 Å². The summed E-state index contributed by atoms with van der Waals surface area (Å²) >= 11 is 0. The molecule has 3 aromatic rings. The zero-order valence-electron chi connectivity index (χ0n) is 12.1. The number of aliphatic hydroxyl groups excluding tert-OH is 1. The number of benzene rings is 2. The third-order valence-electron chi connectivity index (χ3n) is 3.64. The van der Waals surface area contributed by atoms with E-state index in [1.54, 1.807) is 24.3 Å². The molecule has 0 fully saturated rings. The van der Waals surface area contributed by atoms with Gasteiger partial charge in [-0.3, -0.25) is 4.79 Å². The molecule has 1 atom stereocenters. The van der Waals surface area contributed by atoms with Crippen LogP contribution in [0.3, 0.4) is 0 Å². The fourth-order valence-electron chi connectivity index (χ4n) is 2.47. The van der Waals surface area contributed by atoms with Gasteiger partial charge in [-0.15, -0.1) is 0 Å². The molecule has 2 aromatic carbocycles. The molecule has 1 amide bonds. The topological polar surface area (TPSA) is 65.1 Å². The monoisotopic (exact) mass is 294 g/mol. The van der Waals surface area contributed by atoms with Crippen LogP contribution in [-0.2, 0) is 11.2 Å². The van der Waals surface area contributed by atoms with Crippen LogP contribution in [0, 0.1) is 0 Å². The quantitative estimate of drug-likeness (QED) is 0.677. The summed E-state index contributed by atoms with van der Waals surface area (Å²) in [5.41, 5.74) is 2.76. The molecule has 112 valence electrons. The molecule has 0 saturated carbocycles. The van der Waals surface area contributed by atoms with Gasteiger partial charge in [0, 0.05) is 24.2 Å². The largest absolute Gasteiger partial charge is 0.378 e. The van der Waals surface area contributed by atoms with E-state index in [1.807, 2.05) is 30.3 Å². The highest BCUT2D eigenvalue weighted by Crippen LogP contribution is 2.15. The second kappa shape index (κ2) is 6.45. The van der Waals surface area contributed by atoms with Crippen LogP contribution in [0.2, 0.25) is 0 Å². The number of fused-ring (bicyclic) bond motifs is 1. The normalized spacial score (nSPS) is 12.2. The van der Waals surface area contributed by atoms with Crippen LogP contribution in [0.5, 0.6) is 0 Å². The Balaban J connectivity index is 1.55. The fraction of sp³-hybridized carbons (Fsp3) is 0.167. The Bertz CT molecular complexity index is 732. The molecular weight excluding hydrogens is 276 g/mol. The Morgan fingerprint density at radius 3 is 2.59 bits per heavy atom. The summed E-state index contributed by atoms with van der Waals surface area (Å²) in [5.74, 6) is -0.373. The number of aliphatic hydroxyl groups is 1. The zero-order valence-corrected chi connectivity index (χ0v) is 12.1. The summed E-state index contributed by atoms with van der Waals surface area (Å²) in [6, 6.07) is 19.1. The van der Waals surface area contributed by atoms with E-state index in [1.165, 1.54) is 0 Å². The highest BCUT2D eigenvalue weighted by molar-refractivity contribution is 5.82. The van der Waals surface area contributed by atoms with Crippen molar-refractivity contribution in [1.29, 1.82) is 0 Å². The number of carbonyl (C=O) groups excluding carboxylic acids is 1. The lowest BCUT2D eigenvalue weighted by Crippen LogP contribution is -2.31. The van der Waals surface area contributed by atoms with Gasteiger partial charge in [0.05, 0.1) is 0 Å². The van der Waals surface area contributed by atoms with E-state index in [-0.39, 0.29) is 5.91 Å². The first-order valence-electron chi connectivity index (χ1n) is 7.31. The number of amides is 1. The molecule has 0 saturated heterocycles. The predicted molar refractivity (Wildman–Crippen MR) is 86.4 cm³/mol. The molecule has 0 spiro atoms. The molecule has 22 heavy (non-hydrogen) atoms. The summed E-state index contributed by atoms with van der Waals surface area (Å²) < 4.78 is 0. The number of aromatic amines is 1. The van der Waals surface area contributed by atoms with Crippen molar-refractivity contribution in [1.82, 2.24) is 10.3 Å². The van der Waals surface area contributed by atoms with Crippen molar-refractivity contribution >= 4 is 16.8 Å². The third-order valence-corrected chi connectivity index (χ3v) is 3.64. The molecule has 0 aliphatic carbocycles. The SMILES string of the molecule is O=C(NCCc1cc2ccccc2[nH]1)[C@H](O)c1ccccc1. The van der Waals surface area contributed by atoms with Gasteiger partial charge in [0.1, 0.15) is 0 Å². The van der Waals surface area contributed by atoms with Gasteiger partial charge >= 0.3 is 0 Å². The molecule has 4 heteroatoms. The van der Waals surface area contributed by atoms with E-state index in [0.717, 1.165) is 16.6 Å². The van der Waals surface area contributed by atoms with E-state index >= 15 is 0 Å². The number of hydrogen-bond acceptors (Lipinski definition) is 2. The second-order valence-electron chi connectivity index (χ2n) is 5.24. The fourth-order valence-corrected chi connectivity index (χ4v) is 2.47. The molecule has 0 aliphatic heterocycles. The van der Waals surface area contributed by atoms with Gasteiger partial charge in [0.25, 0.3) is 5.91 Å². The highest BCUT2D eigenvalue weighted by atomic mass is 16.3. The summed E-state index contributed by atoms with van der Waals surface area (Å²) in [6.07, 6.45) is -0.425. The van der Waals surface area contributed by atoms with Gasteiger partial charge in [-0.1, -0.05) is 48.5 Å². The van der Waals surface area contributed by atoms with E-state index in [2.05, 4.69) is 16.4 Å². The first-order chi connectivity index (χ1) is 10.7. The summed E-state index contributed by atoms with van der Waals surface area (Å²) in [4.78, 5) is 15.3. The van der Waals surface area contributed by atoms with Crippen molar-refractivity contribution in [3.63, 3.8) is 0 Å². The van der Waals surface area contributed by atoms with E-state index in [4.69, 9.17) is 0 Å². The average Bonchev–Trinajstić information content (AvgIpc) is 2.97. The van der Waals surface area contributed by atoms with Crippen LogP contribution < -0.4 is 5.32 Å². The highest BCUT2D eigenvalue weighted by Gasteiger charge is 2.16. The number of rotatable bonds is 5. The Hall–Kier alpha value is -2.59. The van der Waals surface area contributed by atoms with Gasteiger partial charge in [0.2, 0.25) is 0 Å². The molecule has 4 nitrogen and oxygen atoms in total. The minimum atomic E-state index is -1.12. The number of aromatic nitrogens is 1. The van der Waals surface area contributed by atoms with Gasteiger partial charge < -0.3 is 15.4 Å². The summed E-state index contributed by atoms with van der Waals surface area (Å²) in [5, 5.41) is 13.9. The van der Waals surface area contributed by atoms with Gasteiger partial charge in [-0.2, -0.15) is 0 Å². The van der Waals surface area contributed by atoms with Crippen molar-refractivity contribution in [3.05, 3.63) is 71.9 Å². The molecule has 0 bridgehead atoms. The Morgan fingerprint density at radius 2 is 1.82 bits per heavy atom. The maximum absolute atomic E-state index is 11.9. The second-order valence-corrected chi connectivity index (χ2v) is 5.24. The van der Waals surface area contributed by atoms with E-state index in [9.17, 15) is 9.90 Å². The van der Waals surface area contributed by atoms with Crippen molar-refractivity contribution < 1.29 is 9.90 Å². The lowest BCUT2D eigenvalue weighted by atomic mass is 10.1. The van der Waals surface area contributed by atoms with Gasteiger partial charge in [0.15, 0.2) is 6.10 Å². The third kappa shape index (κ3) is 3.18. The van der Waals surface area contributed by atoms with Crippen molar-refractivity contribution in [2.75, 3.05) is 6.54 Å². The van der Waals surface area contributed by atoms with Crippen LogP contribution in [-0.4, -0.2) is 22.5 Å². The molecular formula is C18H18N2O2. The molecule has 1 heterocycles. The maximum Gasteiger partial charge on any atom is 0.253 e. The Kier molecular flexibility index (Phi) is 4.21. The van der Waals surface area contributed by atoms with Crippen LogP contribution >= 0.6 is 0 Å². The van der Waals surface area contributed by atoms with Crippen molar-refractivity contribution in [3.8, 4) is 0 Å². The van der Waals surface area contributed by atoms with E-state index < -0.39 is 6.10 Å². The average molecular weight is 294 g/mol. The Morgan fingerprint density at radius 1 is 1.09 bits per heavy atom. The minimum Gasteiger partial charge on any atom is -0.378 e. The molecule has 1 aromatic heterocycles. The summed E-state index contributed by atoms with van der Waals surface area (Å²) in [6.45, 7) is 0.482. The van der Waals surface area contributed by atoms with Gasteiger partial charge in [-0.25, -0.2) is 0 Å².